The van der Waals surface area contributed by atoms with E-state index >= 15 is 0 Å². The number of hydrogen-bond donors (Lipinski definition) is 5. The molecule has 0 bridgehead atoms. The lowest BCUT2D eigenvalue weighted by atomic mass is 10.0. The molecule has 3 aromatic heterocycles. The Morgan fingerprint density at radius 1 is 0.436 bits per heavy atom. The molecule has 0 saturated heterocycles. The van der Waals surface area contributed by atoms with E-state index in [1.54, 1.807) is 12.1 Å². The number of aromatic hydroxyl groups is 5. The molecule has 0 aliphatic carbocycles. The van der Waals surface area contributed by atoms with Crippen molar-refractivity contribution in [2.24, 2.45) is 0 Å². The Bertz CT molecular complexity index is 3130. The second-order valence-electron chi connectivity index (χ2n) is 13.2. The molecule has 0 spiro atoms. The monoisotopic (exact) mass is 720 g/mol. The maximum atomic E-state index is 10.9. The van der Waals surface area contributed by atoms with Crippen molar-refractivity contribution in [3.05, 3.63) is 140 Å². The van der Waals surface area contributed by atoms with E-state index in [4.69, 9.17) is 14.4 Å². The molecule has 10 heteroatoms. The summed E-state index contributed by atoms with van der Waals surface area (Å²) in [6.07, 6.45) is 0. The molecule has 0 radical (unpaired) electrons. The number of hydrogen-bond acceptors (Lipinski definition) is 9. The van der Waals surface area contributed by atoms with Crippen LogP contribution in [0.25, 0.3) is 94.7 Å². The Kier molecular flexibility index (Phi) is 7.01. The molecule has 0 aliphatic rings. The lowest BCUT2D eigenvalue weighted by Crippen LogP contribution is -2.02. The van der Waals surface area contributed by atoms with Crippen LogP contribution in [0.3, 0.4) is 0 Å². The molecule has 10 nitrogen and oxygen atoms in total. The Hall–Kier alpha value is -7.85. The van der Waals surface area contributed by atoms with Gasteiger partial charge in [0.1, 0.15) is 11.1 Å². The average Bonchev–Trinajstić information content (AvgIpc) is 3.79. The predicted molar refractivity (Wildman–Crippen MR) is 212 cm³/mol. The van der Waals surface area contributed by atoms with E-state index in [2.05, 4.69) is 52.0 Å². The van der Waals surface area contributed by atoms with Crippen LogP contribution >= 0.6 is 0 Å². The third-order valence-electron chi connectivity index (χ3n) is 10.0. The van der Waals surface area contributed by atoms with E-state index in [1.165, 1.54) is 0 Å². The molecule has 5 N–H and O–H groups in total. The fourth-order valence-corrected chi connectivity index (χ4v) is 7.44. The third-order valence-corrected chi connectivity index (χ3v) is 10.0. The molecular formula is C45H28N4O6. The topological polar surface area (TPSA) is 158 Å². The van der Waals surface area contributed by atoms with Gasteiger partial charge in [0.05, 0.1) is 16.7 Å². The van der Waals surface area contributed by atoms with Crippen LogP contribution in [-0.2, 0) is 0 Å². The first kappa shape index (κ1) is 31.9. The van der Waals surface area contributed by atoms with E-state index in [0.29, 0.717) is 27.7 Å². The second-order valence-corrected chi connectivity index (χ2v) is 13.2. The van der Waals surface area contributed by atoms with Gasteiger partial charge in [-0.1, -0.05) is 103 Å². The summed E-state index contributed by atoms with van der Waals surface area (Å²) in [5.74, 6) is -4.90. The Morgan fingerprint density at radius 3 is 1.76 bits per heavy atom. The minimum atomic E-state index is -1.08. The third kappa shape index (κ3) is 4.85. The second kappa shape index (κ2) is 12.1. The highest BCUT2D eigenvalue weighted by Crippen LogP contribution is 2.54. The van der Waals surface area contributed by atoms with Gasteiger partial charge in [0.25, 0.3) is 0 Å². The molecule has 0 aliphatic heterocycles. The normalized spacial score (nSPS) is 11.6. The summed E-state index contributed by atoms with van der Waals surface area (Å²) in [4.78, 5) is 14.1. The average molecular weight is 721 g/mol. The van der Waals surface area contributed by atoms with Gasteiger partial charge in [0, 0.05) is 32.7 Å². The zero-order valence-corrected chi connectivity index (χ0v) is 28.7. The minimum absolute atomic E-state index is 0.160. The van der Waals surface area contributed by atoms with Crippen LogP contribution in [0.15, 0.2) is 144 Å². The van der Waals surface area contributed by atoms with Crippen molar-refractivity contribution < 1.29 is 29.9 Å². The number of rotatable bonds is 5. The summed E-state index contributed by atoms with van der Waals surface area (Å²) in [5.41, 5.74) is 6.87. The molecule has 0 atom stereocenters. The summed E-state index contributed by atoms with van der Waals surface area (Å²) in [6, 6.07) is 45.6. The summed E-state index contributed by atoms with van der Waals surface area (Å²) >= 11 is 0. The van der Waals surface area contributed by atoms with Gasteiger partial charge >= 0.3 is 0 Å². The van der Waals surface area contributed by atoms with E-state index in [0.717, 1.165) is 44.0 Å². The number of para-hydroxylation sites is 2. The molecule has 7 aromatic carbocycles. The van der Waals surface area contributed by atoms with E-state index in [-0.39, 0.29) is 17.5 Å². The van der Waals surface area contributed by atoms with Gasteiger partial charge in [-0.15, -0.1) is 0 Å². The number of phenolic OH excluding ortho intramolecular Hbond substituents is 5. The van der Waals surface area contributed by atoms with E-state index < -0.39 is 34.3 Å². The zero-order valence-electron chi connectivity index (χ0n) is 28.7. The van der Waals surface area contributed by atoms with Crippen LogP contribution in [0.2, 0.25) is 0 Å². The molecule has 0 saturated carbocycles. The van der Waals surface area contributed by atoms with Crippen LogP contribution < -0.4 is 0 Å². The summed E-state index contributed by atoms with van der Waals surface area (Å²) in [6.45, 7) is 0. The predicted octanol–water partition coefficient (Wildman–Crippen LogP) is 10.1. The maximum absolute atomic E-state index is 10.9. The van der Waals surface area contributed by atoms with Crippen LogP contribution in [0.1, 0.15) is 0 Å². The van der Waals surface area contributed by atoms with Crippen molar-refractivity contribution in [2.75, 3.05) is 0 Å². The Labute approximate surface area is 311 Å². The number of nitrogens with zero attached hydrogens (tertiary/aromatic N) is 4. The van der Waals surface area contributed by atoms with Crippen LogP contribution in [0, 0.1) is 0 Å². The minimum Gasteiger partial charge on any atom is -0.504 e. The number of furan rings is 1. The van der Waals surface area contributed by atoms with Gasteiger partial charge in [0.2, 0.25) is 17.2 Å². The van der Waals surface area contributed by atoms with Crippen molar-refractivity contribution in [3.8, 4) is 79.7 Å². The first-order valence-corrected chi connectivity index (χ1v) is 17.4. The summed E-state index contributed by atoms with van der Waals surface area (Å²) in [7, 11) is 0. The fraction of sp³-hybridized carbons (Fsp3) is 0. The van der Waals surface area contributed by atoms with Crippen LogP contribution in [0.5, 0.6) is 28.7 Å². The molecule has 10 rings (SSSR count). The maximum Gasteiger partial charge on any atom is 0.208 e. The molecule has 10 aromatic rings. The highest BCUT2D eigenvalue weighted by Gasteiger charge is 2.28. The smallest absolute Gasteiger partial charge is 0.208 e. The van der Waals surface area contributed by atoms with Crippen LogP contribution in [-0.4, -0.2) is 45.1 Å². The highest BCUT2D eigenvalue weighted by molar-refractivity contribution is 6.16. The van der Waals surface area contributed by atoms with Gasteiger partial charge in [0.15, 0.2) is 34.6 Å². The van der Waals surface area contributed by atoms with Gasteiger partial charge in [-0.3, -0.25) is 0 Å². The number of aromatic nitrogens is 4. The fourth-order valence-electron chi connectivity index (χ4n) is 7.44. The van der Waals surface area contributed by atoms with Crippen LogP contribution in [0.4, 0.5) is 0 Å². The summed E-state index contributed by atoms with van der Waals surface area (Å²) < 4.78 is 8.90. The van der Waals surface area contributed by atoms with Gasteiger partial charge in [-0.2, -0.15) is 0 Å². The van der Waals surface area contributed by atoms with Gasteiger partial charge in [-0.25, -0.2) is 15.0 Å². The molecule has 55 heavy (non-hydrogen) atoms. The Morgan fingerprint density at radius 2 is 1.02 bits per heavy atom. The molecular weight excluding hydrogens is 693 g/mol. The Balaban J connectivity index is 1.26. The quantitative estimate of drug-likeness (QED) is 0.0862. The SMILES string of the molecule is Oc1c(O)c(O)c(-c2nc(-c3ccccc3)nc(-c3ccc(-n4c5ccccc5c5cc(-c6ccccc6)ccc54)c4oc5ccccc5c34)n2)c(O)c1O. The molecule has 264 valence electrons. The number of benzene rings is 7. The standard InChI is InChI=1S/C45H28N4O6/c50-37-36(38(51)40(53)41(54)39(37)52)45-47-43(25-13-5-2-6-14-25)46-44(48-45)29-20-22-33(42-35(29)28-16-8-10-18-34(28)55-42)49-31-17-9-7-15-27(31)30-23-26(19-21-32(30)49)24-11-3-1-4-12-24/h1-23,50-54H. The van der Waals surface area contributed by atoms with Crippen molar-refractivity contribution in [3.63, 3.8) is 0 Å². The largest absolute Gasteiger partial charge is 0.504 e. The number of fused-ring (bicyclic) bond motifs is 6. The molecule has 0 fully saturated rings. The first-order valence-electron chi connectivity index (χ1n) is 17.4. The van der Waals surface area contributed by atoms with Crippen molar-refractivity contribution in [1.29, 1.82) is 0 Å². The molecule has 0 amide bonds. The lowest BCUT2D eigenvalue weighted by molar-refractivity contribution is 0.329. The van der Waals surface area contributed by atoms with Crippen molar-refractivity contribution >= 4 is 43.7 Å². The molecule has 0 unspecified atom stereocenters. The highest BCUT2D eigenvalue weighted by atomic mass is 16.4. The number of phenols is 5. The van der Waals surface area contributed by atoms with Crippen molar-refractivity contribution in [2.45, 2.75) is 0 Å². The van der Waals surface area contributed by atoms with Gasteiger partial charge < -0.3 is 34.5 Å². The van der Waals surface area contributed by atoms with E-state index in [9.17, 15) is 25.5 Å². The van der Waals surface area contributed by atoms with Gasteiger partial charge in [-0.05, 0) is 47.5 Å². The summed E-state index contributed by atoms with van der Waals surface area (Å²) in [5, 5.41) is 56.6. The van der Waals surface area contributed by atoms with Crippen molar-refractivity contribution in [1.82, 2.24) is 19.5 Å². The zero-order chi connectivity index (χ0) is 37.4. The lowest BCUT2D eigenvalue weighted by Gasteiger charge is -2.14. The molecule has 3 heterocycles. The first-order chi connectivity index (χ1) is 26.9. The van der Waals surface area contributed by atoms with E-state index in [1.807, 2.05) is 84.9 Å².